The first kappa shape index (κ1) is 19.0. The quantitative estimate of drug-likeness (QED) is 0.398. The summed E-state index contributed by atoms with van der Waals surface area (Å²) < 4.78 is 18.9. The fraction of sp³-hybridized carbons (Fsp3) is 0.100. The first-order valence-corrected chi connectivity index (χ1v) is 10.6. The van der Waals surface area contributed by atoms with Crippen molar-refractivity contribution >= 4 is 51.7 Å². The van der Waals surface area contributed by atoms with Gasteiger partial charge in [0.15, 0.2) is 5.58 Å². The van der Waals surface area contributed by atoms with E-state index in [0.29, 0.717) is 21.3 Å². The highest BCUT2D eigenvalue weighted by Crippen LogP contribution is 2.28. The lowest BCUT2D eigenvalue weighted by Crippen LogP contribution is -2.30. The minimum absolute atomic E-state index is 0.142. The van der Waals surface area contributed by atoms with Gasteiger partial charge in [-0.3, -0.25) is 4.79 Å². The third-order valence-corrected chi connectivity index (χ3v) is 5.99. The highest BCUT2D eigenvalue weighted by Gasteiger charge is 2.19. The number of nitrogens with one attached hydrogen (secondary N) is 1. The number of hydrogen-bond donors (Lipinski definition) is 1. The zero-order valence-electron chi connectivity index (χ0n) is 14.4. The van der Waals surface area contributed by atoms with Crippen LogP contribution in [0.4, 0.5) is 4.39 Å². The summed E-state index contributed by atoms with van der Waals surface area (Å²) in [6, 6.07) is 14.9. The molecule has 2 aromatic carbocycles. The number of aromatic nitrogens is 1. The van der Waals surface area contributed by atoms with Crippen molar-refractivity contribution in [1.82, 2.24) is 10.3 Å². The number of amides is 1. The maximum atomic E-state index is 13.3. The van der Waals surface area contributed by atoms with Crippen molar-refractivity contribution < 1.29 is 13.6 Å². The molecule has 8 heteroatoms. The molecule has 142 valence electrons. The van der Waals surface area contributed by atoms with Gasteiger partial charge < -0.3 is 9.73 Å². The Kier molecular flexibility index (Phi) is 5.66. The van der Waals surface area contributed by atoms with Gasteiger partial charge in [-0.05, 0) is 41.3 Å². The van der Waals surface area contributed by atoms with E-state index < -0.39 is 0 Å². The van der Waals surface area contributed by atoms with Gasteiger partial charge in [0.2, 0.25) is 5.91 Å². The van der Waals surface area contributed by atoms with Gasteiger partial charge in [-0.25, -0.2) is 9.37 Å². The van der Waals surface area contributed by atoms with Crippen LogP contribution in [0.25, 0.3) is 11.1 Å². The van der Waals surface area contributed by atoms with Gasteiger partial charge in [0.05, 0.1) is 11.8 Å². The minimum atomic E-state index is -0.337. The molecule has 4 aromatic rings. The normalized spacial score (nSPS) is 12.2. The van der Waals surface area contributed by atoms with Gasteiger partial charge in [0, 0.05) is 16.0 Å². The zero-order valence-corrected chi connectivity index (χ0v) is 16.8. The Hall–Kier alpha value is -2.35. The smallest absolute Gasteiger partial charge is 0.257 e. The summed E-state index contributed by atoms with van der Waals surface area (Å²) >= 11 is 8.69. The number of hydrogen-bond acceptors (Lipinski definition) is 5. The Morgan fingerprint density at radius 3 is 2.82 bits per heavy atom. The molecular weight excluding hydrogens is 419 g/mol. The van der Waals surface area contributed by atoms with Gasteiger partial charge in [-0.2, -0.15) is 0 Å². The molecule has 0 radical (unpaired) electrons. The molecule has 0 aliphatic rings. The Balaban J connectivity index is 1.46. The first-order chi connectivity index (χ1) is 13.6. The van der Waals surface area contributed by atoms with E-state index in [1.807, 2.05) is 17.5 Å². The largest absolute Gasteiger partial charge is 0.431 e. The molecule has 0 saturated carbocycles. The van der Waals surface area contributed by atoms with Gasteiger partial charge in [0.1, 0.15) is 11.3 Å². The number of thiophene rings is 1. The number of thioether (sulfide) groups is 1. The van der Waals surface area contributed by atoms with E-state index >= 15 is 0 Å². The Labute approximate surface area is 173 Å². The van der Waals surface area contributed by atoms with Gasteiger partial charge >= 0.3 is 0 Å². The number of oxazole rings is 1. The maximum absolute atomic E-state index is 13.3. The van der Waals surface area contributed by atoms with Crippen molar-refractivity contribution in [3.8, 4) is 0 Å². The van der Waals surface area contributed by atoms with Crippen molar-refractivity contribution in [3.63, 3.8) is 0 Å². The molecular formula is C20H14ClFN2O2S2. The number of halogens is 2. The second kappa shape index (κ2) is 8.34. The SMILES string of the molecule is O=C(CSc1nc2ccc(Cl)cc2o1)NC(c1ccc(F)cc1)c1cccs1. The minimum Gasteiger partial charge on any atom is -0.431 e. The average Bonchev–Trinajstić information content (AvgIpc) is 3.34. The van der Waals surface area contributed by atoms with Gasteiger partial charge in [-0.15, -0.1) is 11.3 Å². The van der Waals surface area contributed by atoms with E-state index in [9.17, 15) is 9.18 Å². The standard InChI is InChI=1S/C20H14ClFN2O2S2/c21-13-5-8-15-16(10-13)26-20(23-15)28-11-18(25)24-19(17-2-1-9-27-17)12-3-6-14(22)7-4-12/h1-10,19H,11H2,(H,24,25). The maximum Gasteiger partial charge on any atom is 0.257 e. The second-order valence-electron chi connectivity index (χ2n) is 5.95. The van der Waals surface area contributed by atoms with Crippen molar-refractivity contribution in [1.29, 1.82) is 0 Å². The molecule has 1 amide bonds. The van der Waals surface area contributed by atoms with E-state index in [2.05, 4.69) is 10.3 Å². The molecule has 0 aliphatic heterocycles. The average molecular weight is 433 g/mol. The van der Waals surface area contributed by atoms with Crippen LogP contribution in [-0.2, 0) is 4.79 Å². The highest BCUT2D eigenvalue weighted by atomic mass is 35.5. The predicted molar refractivity (Wildman–Crippen MR) is 110 cm³/mol. The van der Waals surface area contributed by atoms with E-state index in [4.69, 9.17) is 16.0 Å². The molecule has 1 atom stereocenters. The molecule has 2 heterocycles. The molecule has 2 aromatic heterocycles. The Morgan fingerprint density at radius 2 is 2.07 bits per heavy atom. The highest BCUT2D eigenvalue weighted by molar-refractivity contribution is 7.99. The summed E-state index contributed by atoms with van der Waals surface area (Å²) in [5.74, 6) is -0.344. The van der Waals surface area contributed by atoms with Crippen LogP contribution in [-0.4, -0.2) is 16.6 Å². The third-order valence-electron chi connectivity index (χ3n) is 3.99. The topological polar surface area (TPSA) is 55.1 Å². The number of carbonyl (C=O) groups is 1. The molecule has 28 heavy (non-hydrogen) atoms. The molecule has 1 N–H and O–H groups in total. The summed E-state index contributed by atoms with van der Waals surface area (Å²) in [6.45, 7) is 0. The molecule has 0 fully saturated rings. The number of fused-ring (bicyclic) bond motifs is 1. The number of rotatable bonds is 6. The van der Waals surface area contributed by atoms with Crippen LogP contribution < -0.4 is 5.32 Å². The van der Waals surface area contributed by atoms with Gasteiger partial charge in [-0.1, -0.05) is 41.6 Å². The lowest BCUT2D eigenvalue weighted by Gasteiger charge is -2.18. The Bertz CT molecular complexity index is 1100. The van der Waals surface area contributed by atoms with Crippen LogP contribution in [0.2, 0.25) is 5.02 Å². The summed E-state index contributed by atoms with van der Waals surface area (Å²) in [5, 5.41) is 5.92. The molecule has 0 saturated heterocycles. The molecule has 0 aliphatic carbocycles. The summed E-state index contributed by atoms with van der Waals surface area (Å²) in [7, 11) is 0. The molecule has 0 spiro atoms. The van der Waals surface area contributed by atoms with Crippen molar-refractivity contribution in [2.24, 2.45) is 0 Å². The van der Waals surface area contributed by atoms with Crippen LogP contribution in [0, 0.1) is 5.82 Å². The van der Waals surface area contributed by atoms with Crippen LogP contribution >= 0.6 is 34.7 Å². The lowest BCUT2D eigenvalue weighted by molar-refractivity contribution is -0.119. The Morgan fingerprint density at radius 1 is 1.25 bits per heavy atom. The fourth-order valence-electron chi connectivity index (χ4n) is 2.70. The van der Waals surface area contributed by atoms with E-state index in [1.165, 1.54) is 35.2 Å². The van der Waals surface area contributed by atoms with Crippen LogP contribution in [0.1, 0.15) is 16.5 Å². The summed E-state index contributed by atoms with van der Waals surface area (Å²) in [6.07, 6.45) is 0. The van der Waals surface area contributed by atoms with Crippen molar-refractivity contribution in [3.05, 3.63) is 81.3 Å². The number of benzene rings is 2. The molecule has 1 unspecified atom stereocenters. The molecule has 4 rings (SSSR count). The van der Waals surface area contributed by atoms with Crippen LogP contribution in [0.3, 0.4) is 0 Å². The van der Waals surface area contributed by atoms with Gasteiger partial charge in [0.25, 0.3) is 5.22 Å². The van der Waals surface area contributed by atoms with Crippen molar-refractivity contribution in [2.75, 3.05) is 5.75 Å². The zero-order chi connectivity index (χ0) is 19.5. The van der Waals surface area contributed by atoms with E-state index in [1.54, 1.807) is 30.3 Å². The summed E-state index contributed by atoms with van der Waals surface area (Å²) in [5.41, 5.74) is 2.09. The van der Waals surface area contributed by atoms with Crippen molar-refractivity contribution in [2.45, 2.75) is 11.3 Å². The predicted octanol–water partition coefficient (Wildman–Crippen LogP) is 5.68. The molecule has 4 nitrogen and oxygen atoms in total. The van der Waals surface area contributed by atoms with E-state index in [0.717, 1.165) is 10.4 Å². The molecule has 0 bridgehead atoms. The number of carbonyl (C=O) groups excluding carboxylic acids is 1. The fourth-order valence-corrected chi connectivity index (χ4v) is 4.31. The summed E-state index contributed by atoms with van der Waals surface area (Å²) in [4.78, 5) is 17.9. The lowest BCUT2D eigenvalue weighted by atomic mass is 10.1. The third kappa shape index (κ3) is 4.38. The van der Waals surface area contributed by atoms with Crippen LogP contribution in [0.5, 0.6) is 0 Å². The van der Waals surface area contributed by atoms with E-state index in [-0.39, 0.29) is 23.5 Å². The van der Waals surface area contributed by atoms with Crippen LogP contribution in [0.15, 0.2) is 69.6 Å². The monoisotopic (exact) mass is 432 g/mol. The number of nitrogens with zero attached hydrogens (tertiary/aromatic N) is 1. The second-order valence-corrected chi connectivity index (χ2v) is 8.29. The first-order valence-electron chi connectivity index (χ1n) is 8.35.